The number of rotatable bonds is 6. The van der Waals surface area contributed by atoms with Gasteiger partial charge in [0.2, 0.25) is 0 Å². The predicted octanol–water partition coefficient (Wildman–Crippen LogP) is 3.13. The number of hydrogen-bond acceptors (Lipinski definition) is 4. The quantitative estimate of drug-likeness (QED) is 0.811. The van der Waals surface area contributed by atoms with Crippen LogP contribution in [0.1, 0.15) is 38.5 Å². The number of anilines is 1. The highest BCUT2D eigenvalue weighted by molar-refractivity contribution is 5.49. The first-order valence-corrected chi connectivity index (χ1v) is 9.83. The number of likely N-dealkylation sites (tertiary alicyclic amines) is 1. The van der Waals surface area contributed by atoms with Crippen LogP contribution in [0, 0.1) is 0 Å². The van der Waals surface area contributed by atoms with E-state index >= 15 is 0 Å². The van der Waals surface area contributed by atoms with Crippen molar-refractivity contribution in [3.8, 4) is 5.75 Å². The predicted molar refractivity (Wildman–Crippen MR) is 101 cm³/mol. The van der Waals surface area contributed by atoms with E-state index < -0.39 is 0 Å². The van der Waals surface area contributed by atoms with Gasteiger partial charge in [-0.3, -0.25) is 0 Å². The summed E-state index contributed by atoms with van der Waals surface area (Å²) in [7, 11) is 0. The van der Waals surface area contributed by atoms with Crippen molar-refractivity contribution in [2.75, 3.05) is 57.3 Å². The monoisotopic (exact) mass is 331 g/mol. The Balaban J connectivity index is 1.35. The third-order valence-electron chi connectivity index (χ3n) is 5.15. The summed E-state index contributed by atoms with van der Waals surface area (Å²) in [5.41, 5.74) is 1.31. The molecule has 1 N–H and O–H groups in total. The van der Waals surface area contributed by atoms with Crippen LogP contribution in [0.4, 0.5) is 5.69 Å². The molecule has 134 valence electrons. The van der Waals surface area contributed by atoms with Crippen molar-refractivity contribution >= 4 is 5.69 Å². The minimum absolute atomic E-state index is 0.823. The minimum atomic E-state index is 0.823. The molecule has 0 unspecified atom stereocenters. The van der Waals surface area contributed by atoms with Gasteiger partial charge < -0.3 is 19.9 Å². The largest absolute Gasteiger partial charge is 0.494 e. The second kappa shape index (κ2) is 9.90. The Labute approximate surface area is 147 Å². The SMILES string of the molecule is c1cc(N2CCNCC2)ccc1OCCCN1CCCCCCC1. The fraction of sp³-hybridized carbons (Fsp3) is 0.700. The van der Waals surface area contributed by atoms with E-state index in [0.29, 0.717) is 0 Å². The molecular formula is C20H33N3O. The molecule has 0 aliphatic carbocycles. The number of nitrogens with one attached hydrogen (secondary N) is 1. The molecule has 3 rings (SSSR count). The lowest BCUT2D eigenvalue weighted by Gasteiger charge is -2.29. The fourth-order valence-corrected chi connectivity index (χ4v) is 3.69. The van der Waals surface area contributed by atoms with Gasteiger partial charge in [-0.2, -0.15) is 0 Å². The zero-order valence-electron chi connectivity index (χ0n) is 15.0. The third-order valence-corrected chi connectivity index (χ3v) is 5.15. The molecule has 1 aromatic rings. The smallest absolute Gasteiger partial charge is 0.119 e. The average molecular weight is 332 g/mol. The lowest BCUT2D eigenvalue weighted by Crippen LogP contribution is -2.43. The van der Waals surface area contributed by atoms with Crippen molar-refractivity contribution in [3.05, 3.63) is 24.3 Å². The highest BCUT2D eigenvalue weighted by Crippen LogP contribution is 2.20. The maximum absolute atomic E-state index is 5.94. The second-order valence-electron chi connectivity index (χ2n) is 7.04. The van der Waals surface area contributed by atoms with Gasteiger partial charge in [0.05, 0.1) is 6.61 Å². The molecule has 1 aromatic carbocycles. The van der Waals surface area contributed by atoms with E-state index in [-0.39, 0.29) is 0 Å². The van der Waals surface area contributed by atoms with Crippen LogP contribution in [0.5, 0.6) is 5.75 Å². The van der Waals surface area contributed by atoms with Crippen LogP contribution >= 0.6 is 0 Å². The van der Waals surface area contributed by atoms with E-state index in [9.17, 15) is 0 Å². The summed E-state index contributed by atoms with van der Waals surface area (Å²) >= 11 is 0. The Bertz CT molecular complexity index is 448. The van der Waals surface area contributed by atoms with Crippen LogP contribution in [0.25, 0.3) is 0 Å². The standard InChI is InChI=1S/C20H33N3O/c1-2-4-13-22(14-5-3-1)15-6-18-24-20-9-7-19(8-10-20)23-16-11-21-12-17-23/h7-10,21H,1-6,11-18H2. The van der Waals surface area contributed by atoms with Crippen molar-refractivity contribution in [2.24, 2.45) is 0 Å². The van der Waals surface area contributed by atoms with Crippen LogP contribution in [0.15, 0.2) is 24.3 Å². The van der Waals surface area contributed by atoms with Crippen molar-refractivity contribution in [3.63, 3.8) is 0 Å². The Morgan fingerprint density at radius 2 is 1.50 bits per heavy atom. The van der Waals surface area contributed by atoms with E-state index in [1.165, 1.54) is 57.4 Å². The summed E-state index contributed by atoms with van der Waals surface area (Å²) in [6.07, 6.45) is 8.11. The molecule has 0 bridgehead atoms. The molecule has 0 saturated carbocycles. The molecule has 2 heterocycles. The first-order chi connectivity index (χ1) is 11.9. The van der Waals surface area contributed by atoms with Crippen LogP contribution in [-0.2, 0) is 0 Å². The van der Waals surface area contributed by atoms with Crippen molar-refractivity contribution in [2.45, 2.75) is 38.5 Å². The molecule has 4 nitrogen and oxygen atoms in total. The fourth-order valence-electron chi connectivity index (χ4n) is 3.69. The van der Waals surface area contributed by atoms with E-state index in [0.717, 1.165) is 45.0 Å². The zero-order chi connectivity index (χ0) is 16.5. The molecule has 24 heavy (non-hydrogen) atoms. The number of ether oxygens (including phenoxy) is 1. The molecule has 2 aliphatic rings. The number of nitrogens with zero attached hydrogens (tertiary/aromatic N) is 2. The van der Waals surface area contributed by atoms with Gasteiger partial charge in [-0.05, 0) is 56.6 Å². The molecule has 2 saturated heterocycles. The van der Waals surface area contributed by atoms with Crippen LogP contribution in [0.2, 0.25) is 0 Å². The van der Waals surface area contributed by atoms with Crippen molar-refractivity contribution in [1.82, 2.24) is 10.2 Å². The third kappa shape index (κ3) is 5.67. The first kappa shape index (κ1) is 17.6. The molecule has 0 spiro atoms. The molecule has 2 fully saturated rings. The molecule has 0 amide bonds. The normalized spacial score (nSPS) is 20.4. The lowest BCUT2D eigenvalue weighted by atomic mass is 10.1. The molecule has 4 heteroatoms. The van der Waals surface area contributed by atoms with Crippen molar-refractivity contribution in [1.29, 1.82) is 0 Å². The van der Waals surface area contributed by atoms with Crippen molar-refractivity contribution < 1.29 is 4.74 Å². The van der Waals surface area contributed by atoms with E-state index in [4.69, 9.17) is 4.74 Å². The Hall–Kier alpha value is -1.26. The number of hydrogen-bond donors (Lipinski definition) is 1. The molecule has 2 aliphatic heterocycles. The van der Waals surface area contributed by atoms with E-state index in [2.05, 4.69) is 39.4 Å². The maximum Gasteiger partial charge on any atom is 0.119 e. The minimum Gasteiger partial charge on any atom is -0.494 e. The topological polar surface area (TPSA) is 27.7 Å². The Morgan fingerprint density at radius 3 is 2.21 bits per heavy atom. The lowest BCUT2D eigenvalue weighted by molar-refractivity contribution is 0.218. The van der Waals surface area contributed by atoms with Gasteiger partial charge in [0.25, 0.3) is 0 Å². The van der Waals surface area contributed by atoms with Gasteiger partial charge >= 0.3 is 0 Å². The average Bonchev–Trinajstić information content (AvgIpc) is 2.61. The van der Waals surface area contributed by atoms with Gasteiger partial charge in [0.15, 0.2) is 0 Å². The second-order valence-corrected chi connectivity index (χ2v) is 7.04. The summed E-state index contributed by atoms with van der Waals surface area (Å²) < 4.78 is 5.94. The first-order valence-electron chi connectivity index (χ1n) is 9.83. The molecule has 0 radical (unpaired) electrons. The van der Waals surface area contributed by atoms with Crippen LogP contribution < -0.4 is 15.0 Å². The van der Waals surface area contributed by atoms with Gasteiger partial charge in [-0.25, -0.2) is 0 Å². The number of benzene rings is 1. The van der Waals surface area contributed by atoms with E-state index in [1.807, 2.05) is 0 Å². The summed E-state index contributed by atoms with van der Waals surface area (Å²) in [6, 6.07) is 8.62. The van der Waals surface area contributed by atoms with Crippen LogP contribution in [-0.4, -0.2) is 57.3 Å². The maximum atomic E-state index is 5.94. The summed E-state index contributed by atoms with van der Waals surface area (Å²) in [6.45, 7) is 8.90. The van der Waals surface area contributed by atoms with E-state index in [1.54, 1.807) is 0 Å². The zero-order valence-corrected chi connectivity index (χ0v) is 15.0. The summed E-state index contributed by atoms with van der Waals surface area (Å²) in [4.78, 5) is 5.05. The summed E-state index contributed by atoms with van der Waals surface area (Å²) in [5, 5.41) is 3.39. The van der Waals surface area contributed by atoms with Gasteiger partial charge in [0.1, 0.15) is 5.75 Å². The number of piperazine rings is 1. The molecular weight excluding hydrogens is 298 g/mol. The molecule has 0 aromatic heterocycles. The highest BCUT2D eigenvalue weighted by Gasteiger charge is 2.10. The van der Waals surface area contributed by atoms with Gasteiger partial charge in [-0.15, -0.1) is 0 Å². The van der Waals surface area contributed by atoms with Crippen LogP contribution in [0.3, 0.4) is 0 Å². The van der Waals surface area contributed by atoms with Gasteiger partial charge in [-0.1, -0.05) is 19.3 Å². The Morgan fingerprint density at radius 1 is 0.833 bits per heavy atom. The van der Waals surface area contributed by atoms with Gasteiger partial charge in [0, 0.05) is 38.4 Å². The Kier molecular flexibility index (Phi) is 7.24. The summed E-state index contributed by atoms with van der Waals surface area (Å²) in [5.74, 6) is 1.00. The highest BCUT2D eigenvalue weighted by atomic mass is 16.5. The molecule has 0 atom stereocenters.